The van der Waals surface area contributed by atoms with Crippen molar-refractivity contribution in [3.63, 3.8) is 0 Å². The predicted octanol–water partition coefficient (Wildman–Crippen LogP) is 3.71. The summed E-state index contributed by atoms with van der Waals surface area (Å²) in [5.41, 5.74) is 0. The molecule has 0 N–H and O–H groups in total. The van der Waals surface area contributed by atoms with Gasteiger partial charge in [-0.25, -0.2) is 0 Å². The van der Waals surface area contributed by atoms with Crippen molar-refractivity contribution in [2.45, 2.75) is 0 Å². The average Bonchev–Trinajstić information content (AvgIpc) is 1.77. The summed E-state index contributed by atoms with van der Waals surface area (Å²) in [6, 6.07) is 0. The van der Waals surface area contributed by atoms with E-state index in [4.69, 9.17) is 12.8 Å². The van der Waals surface area contributed by atoms with E-state index < -0.39 is 7.81 Å². The van der Waals surface area contributed by atoms with Crippen LogP contribution in [0.4, 0.5) is 25.2 Å². The molecule has 0 aromatic heterocycles. The van der Waals surface area contributed by atoms with Crippen LogP contribution in [0.5, 0.6) is 0 Å². The van der Waals surface area contributed by atoms with Gasteiger partial charge in [-0.1, -0.05) is 0 Å². The number of halogens is 6. The molecule has 0 unspecified atom stereocenters. The van der Waals surface area contributed by atoms with E-state index in [-0.39, 0.29) is 0 Å². The third-order valence-electron chi connectivity index (χ3n) is 1.04. The Morgan fingerprint density at radius 3 is 1.19 bits per heavy atom. The zero-order valence-corrected chi connectivity index (χ0v) is 9.63. The third-order valence-corrected chi connectivity index (χ3v) is 1.04. The van der Waals surface area contributed by atoms with Crippen molar-refractivity contribution >= 4 is 7.81 Å². The van der Waals surface area contributed by atoms with E-state index in [0.717, 1.165) is 0 Å². The Kier molecular flexibility index (Phi) is 4.55. The number of nitrogens with zero attached hydrogens (tertiary/aromatic N) is 1. The Balaban J connectivity index is 0. The van der Waals surface area contributed by atoms with Gasteiger partial charge in [0.25, 0.3) is 0 Å². The Morgan fingerprint density at radius 2 is 1.06 bits per heavy atom. The monoisotopic (exact) mass is 267 g/mol. The van der Waals surface area contributed by atoms with E-state index in [2.05, 4.69) is 11.8 Å². The van der Waals surface area contributed by atoms with Crippen LogP contribution in [0.15, 0.2) is 0 Å². The molecule has 0 aromatic rings. The van der Waals surface area contributed by atoms with Crippen molar-refractivity contribution in [2.24, 2.45) is 0 Å². The fourth-order valence-corrected chi connectivity index (χ4v) is 0.550. The van der Waals surface area contributed by atoms with Crippen LogP contribution < -0.4 is 0 Å². The molecule has 0 aromatic carbocycles. The van der Waals surface area contributed by atoms with Gasteiger partial charge < -0.3 is 4.48 Å². The van der Waals surface area contributed by atoms with Gasteiger partial charge in [-0.2, -0.15) is 0 Å². The number of terminal acetylenes is 2. The van der Waals surface area contributed by atoms with Gasteiger partial charge in [0.05, 0.1) is 14.1 Å². The summed E-state index contributed by atoms with van der Waals surface area (Å²) in [5, 5.41) is 0. The standard InChI is InChI=1S/C8H12N.F6P/c1-5-7-9(3,4)8-6-2;1-7(2,3,4,5)6/h1-2H,7-8H2,3-4H3;/q+1;-1. The predicted molar refractivity (Wildman–Crippen MR) is 53.1 cm³/mol. The van der Waals surface area contributed by atoms with Crippen LogP contribution >= 0.6 is 7.81 Å². The zero-order valence-electron chi connectivity index (χ0n) is 8.73. The van der Waals surface area contributed by atoms with Gasteiger partial charge in [0, 0.05) is 0 Å². The van der Waals surface area contributed by atoms with Crippen LogP contribution in [-0.4, -0.2) is 31.7 Å². The quantitative estimate of drug-likeness (QED) is 0.309. The molecule has 0 aliphatic rings. The van der Waals surface area contributed by atoms with E-state index in [1.165, 1.54) is 0 Å². The molecule has 8 heteroatoms. The topological polar surface area (TPSA) is 0 Å². The molecular weight excluding hydrogens is 255 g/mol. The van der Waals surface area contributed by atoms with E-state index in [1.54, 1.807) is 0 Å². The molecule has 0 amide bonds. The summed E-state index contributed by atoms with van der Waals surface area (Å²) in [7, 11) is -6.63. The first kappa shape index (κ1) is 17.5. The van der Waals surface area contributed by atoms with Crippen LogP contribution in [0.2, 0.25) is 0 Å². The van der Waals surface area contributed by atoms with Gasteiger partial charge in [0.15, 0.2) is 0 Å². The first-order valence-corrected chi connectivity index (χ1v) is 5.85. The molecule has 0 heterocycles. The van der Waals surface area contributed by atoms with E-state index in [9.17, 15) is 25.2 Å². The summed E-state index contributed by atoms with van der Waals surface area (Å²) in [4.78, 5) is 0. The Bertz CT molecular complexity index is 284. The van der Waals surface area contributed by atoms with Gasteiger partial charge in [0.1, 0.15) is 13.1 Å². The van der Waals surface area contributed by atoms with Crippen molar-refractivity contribution in [3.8, 4) is 24.7 Å². The van der Waals surface area contributed by atoms with Crippen molar-refractivity contribution in [3.05, 3.63) is 0 Å². The van der Waals surface area contributed by atoms with E-state index in [1.807, 2.05) is 14.1 Å². The second-order valence-electron chi connectivity index (χ2n) is 3.62. The molecular formula is C8H12F6NP. The molecule has 0 spiro atoms. The maximum absolute atomic E-state index is 10.7. The first-order valence-electron chi connectivity index (χ1n) is 3.83. The van der Waals surface area contributed by atoms with Gasteiger partial charge in [-0.3, -0.25) is 0 Å². The molecule has 0 fully saturated rings. The van der Waals surface area contributed by atoms with E-state index >= 15 is 0 Å². The van der Waals surface area contributed by atoms with Gasteiger partial charge in [-0.15, -0.1) is 12.8 Å². The van der Waals surface area contributed by atoms with E-state index in [0.29, 0.717) is 17.6 Å². The molecule has 0 radical (unpaired) electrons. The number of hydrogen-bond acceptors (Lipinski definition) is 0. The fourth-order valence-electron chi connectivity index (χ4n) is 0.550. The Morgan fingerprint density at radius 1 is 0.875 bits per heavy atom. The Labute approximate surface area is 90.2 Å². The molecule has 0 atom stereocenters. The molecule has 0 saturated heterocycles. The minimum absolute atomic E-state index is 0.699. The minimum atomic E-state index is -10.7. The summed E-state index contributed by atoms with van der Waals surface area (Å²) in [5.74, 6) is 5.14. The molecule has 1 nitrogen and oxygen atoms in total. The Hall–Kier alpha value is -0.910. The van der Waals surface area contributed by atoms with Crippen molar-refractivity contribution < 1.29 is 29.7 Å². The first-order chi connectivity index (χ1) is 6.57. The fraction of sp³-hybridized carbons (Fsp3) is 0.500. The second kappa shape index (κ2) is 4.16. The third kappa shape index (κ3) is 38.1. The van der Waals surface area contributed by atoms with Gasteiger partial charge >= 0.3 is 33.0 Å². The molecule has 0 aliphatic carbocycles. The normalized spacial score (nSPS) is 15.6. The van der Waals surface area contributed by atoms with Crippen LogP contribution in [-0.2, 0) is 0 Å². The van der Waals surface area contributed by atoms with Crippen LogP contribution in [0, 0.1) is 24.7 Å². The van der Waals surface area contributed by atoms with Crippen LogP contribution in [0.25, 0.3) is 0 Å². The summed E-state index contributed by atoms with van der Waals surface area (Å²) in [6.07, 6.45) is 10.2. The van der Waals surface area contributed by atoms with Crippen molar-refractivity contribution in [1.82, 2.24) is 0 Å². The number of quaternary nitrogens is 1. The zero-order chi connectivity index (χ0) is 13.7. The molecule has 0 saturated carbocycles. The SMILES string of the molecule is C#CC[N+](C)(C)CC#C.F[P-](F)(F)(F)(F)F. The average molecular weight is 267 g/mol. The van der Waals surface area contributed by atoms with Crippen LogP contribution in [0.3, 0.4) is 0 Å². The number of hydrogen-bond donors (Lipinski definition) is 0. The molecule has 0 bridgehead atoms. The molecule has 0 rings (SSSR count). The van der Waals surface area contributed by atoms with Crippen molar-refractivity contribution in [1.29, 1.82) is 0 Å². The van der Waals surface area contributed by atoms with Crippen LogP contribution in [0.1, 0.15) is 0 Å². The summed E-state index contributed by atoms with van der Waals surface area (Å²) >= 11 is 0. The second-order valence-corrected chi connectivity index (χ2v) is 5.54. The van der Waals surface area contributed by atoms with Gasteiger partial charge in [-0.05, 0) is 11.8 Å². The molecule has 16 heavy (non-hydrogen) atoms. The maximum atomic E-state index is 9.87. The van der Waals surface area contributed by atoms with Crippen molar-refractivity contribution in [2.75, 3.05) is 27.2 Å². The van der Waals surface area contributed by atoms with Gasteiger partial charge in [0.2, 0.25) is 0 Å². The molecule has 96 valence electrons. The summed E-state index contributed by atoms with van der Waals surface area (Å²) in [6.45, 7) is 1.40. The number of rotatable bonds is 2. The molecule has 0 aliphatic heterocycles. The summed E-state index contributed by atoms with van der Waals surface area (Å²) < 4.78 is 59.9.